The summed E-state index contributed by atoms with van der Waals surface area (Å²) in [6, 6.07) is -1.67. The maximum absolute atomic E-state index is 11.5. The van der Waals surface area contributed by atoms with E-state index in [9.17, 15) is 14.4 Å². The Kier molecular flexibility index (Phi) is 10.0. The van der Waals surface area contributed by atoms with Crippen LogP contribution in [0.25, 0.3) is 0 Å². The van der Waals surface area contributed by atoms with Crippen molar-refractivity contribution < 1.29 is 24.2 Å². The average molecular weight is 289 g/mol. The van der Waals surface area contributed by atoms with E-state index in [-0.39, 0.29) is 12.8 Å². The molecule has 8 nitrogen and oxygen atoms in total. The number of hydrogen-bond donors (Lipinski definition) is 4. The van der Waals surface area contributed by atoms with Crippen molar-refractivity contribution in [2.24, 2.45) is 0 Å². The first-order chi connectivity index (χ1) is 9.51. The molecule has 0 fully saturated rings. The van der Waals surface area contributed by atoms with E-state index in [1.807, 2.05) is 6.92 Å². The highest BCUT2D eigenvalue weighted by molar-refractivity contribution is 5.83. The number of carbonyl (C=O) groups excluding carboxylic acids is 2. The Morgan fingerprint density at radius 2 is 1.95 bits per heavy atom. The van der Waals surface area contributed by atoms with Crippen LogP contribution in [-0.4, -0.2) is 55.9 Å². The highest BCUT2D eigenvalue weighted by Crippen LogP contribution is 1.99. The maximum atomic E-state index is 11.5. The van der Waals surface area contributed by atoms with Crippen LogP contribution < -0.4 is 16.0 Å². The van der Waals surface area contributed by atoms with Crippen LogP contribution in [0.2, 0.25) is 0 Å². The molecule has 8 heteroatoms. The molecule has 0 bridgehead atoms. The van der Waals surface area contributed by atoms with Gasteiger partial charge in [-0.1, -0.05) is 6.92 Å². The first kappa shape index (κ1) is 18.2. The number of aliphatic carboxylic acids is 1. The molecule has 0 saturated carbocycles. The molecule has 0 aromatic rings. The van der Waals surface area contributed by atoms with Gasteiger partial charge in [-0.15, -0.1) is 0 Å². The lowest BCUT2D eigenvalue weighted by atomic mass is 10.1. The Bertz CT molecular complexity index is 322. The predicted octanol–water partition coefficient (Wildman–Crippen LogP) is -0.308. The first-order valence-electron chi connectivity index (χ1n) is 6.56. The zero-order valence-electron chi connectivity index (χ0n) is 11.9. The topological polar surface area (TPSA) is 117 Å². The summed E-state index contributed by atoms with van der Waals surface area (Å²) in [5.74, 6) is -1.69. The summed E-state index contributed by atoms with van der Waals surface area (Å²) in [6.45, 7) is 4.07. The van der Waals surface area contributed by atoms with Gasteiger partial charge in [-0.05, 0) is 25.9 Å². The molecule has 0 aliphatic carbocycles. The van der Waals surface area contributed by atoms with Gasteiger partial charge in [-0.25, -0.2) is 9.59 Å². The summed E-state index contributed by atoms with van der Waals surface area (Å²) in [4.78, 5) is 33.4. The molecule has 0 aliphatic heterocycles. The summed E-state index contributed by atoms with van der Waals surface area (Å²) >= 11 is 0. The molecular weight excluding hydrogens is 266 g/mol. The zero-order chi connectivity index (χ0) is 15.4. The van der Waals surface area contributed by atoms with Crippen molar-refractivity contribution in [1.82, 2.24) is 16.0 Å². The van der Waals surface area contributed by atoms with Gasteiger partial charge < -0.3 is 25.8 Å². The number of hydrogen-bond acceptors (Lipinski definition) is 5. The summed E-state index contributed by atoms with van der Waals surface area (Å²) in [6.07, 6.45) is 0.683. The highest BCUT2D eigenvalue weighted by Gasteiger charge is 2.20. The molecule has 0 aromatic heterocycles. The fourth-order valence-corrected chi connectivity index (χ4v) is 1.42. The number of amides is 2. The van der Waals surface area contributed by atoms with Gasteiger partial charge >= 0.3 is 18.0 Å². The number of ether oxygens (including phenoxy) is 1. The van der Waals surface area contributed by atoms with Crippen molar-refractivity contribution in [2.45, 2.75) is 32.2 Å². The second-order valence-corrected chi connectivity index (χ2v) is 4.11. The van der Waals surface area contributed by atoms with Crippen LogP contribution in [0, 0.1) is 0 Å². The van der Waals surface area contributed by atoms with Crippen LogP contribution in [0.4, 0.5) is 4.79 Å². The van der Waals surface area contributed by atoms with E-state index in [4.69, 9.17) is 5.11 Å². The number of rotatable bonds is 10. The van der Waals surface area contributed by atoms with Gasteiger partial charge in [0.1, 0.15) is 6.04 Å². The average Bonchev–Trinajstić information content (AvgIpc) is 2.42. The number of carboxylic acids is 1. The van der Waals surface area contributed by atoms with Gasteiger partial charge in [0.15, 0.2) is 0 Å². The highest BCUT2D eigenvalue weighted by atomic mass is 16.5. The van der Waals surface area contributed by atoms with E-state index >= 15 is 0 Å². The Labute approximate surface area is 118 Å². The molecule has 0 aliphatic rings. The van der Waals surface area contributed by atoms with Crippen molar-refractivity contribution in [3.8, 4) is 0 Å². The van der Waals surface area contributed by atoms with Crippen LogP contribution in [-0.2, 0) is 14.3 Å². The minimum Gasteiger partial charge on any atom is -0.480 e. The van der Waals surface area contributed by atoms with Crippen molar-refractivity contribution in [3.63, 3.8) is 0 Å². The number of carbonyl (C=O) groups is 3. The number of esters is 1. The SMILES string of the molecule is CCNCCCNC(=O)N[C@@H](CCC(=O)OC)C(=O)O. The van der Waals surface area contributed by atoms with E-state index in [0.29, 0.717) is 6.54 Å². The monoisotopic (exact) mass is 289 g/mol. The second kappa shape index (κ2) is 11.0. The van der Waals surface area contributed by atoms with Gasteiger partial charge in [-0.3, -0.25) is 4.79 Å². The van der Waals surface area contributed by atoms with Crippen LogP contribution >= 0.6 is 0 Å². The molecule has 0 spiro atoms. The lowest BCUT2D eigenvalue weighted by molar-refractivity contribution is -0.142. The molecule has 0 rings (SSSR count). The summed E-state index contributed by atoms with van der Waals surface area (Å²) in [5, 5.41) is 16.9. The maximum Gasteiger partial charge on any atom is 0.326 e. The molecule has 20 heavy (non-hydrogen) atoms. The van der Waals surface area contributed by atoms with Gasteiger partial charge in [0.25, 0.3) is 0 Å². The van der Waals surface area contributed by atoms with E-state index in [0.717, 1.165) is 19.5 Å². The number of nitrogens with one attached hydrogen (secondary N) is 3. The van der Waals surface area contributed by atoms with Gasteiger partial charge in [-0.2, -0.15) is 0 Å². The summed E-state index contributed by atoms with van der Waals surface area (Å²) < 4.78 is 4.42. The zero-order valence-corrected chi connectivity index (χ0v) is 11.9. The van der Waals surface area contributed by atoms with Crippen LogP contribution in [0.1, 0.15) is 26.2 Å². The molecule has 0 radical (unpaired) electrons. The van der Waals surface area contributed by atoms with Crippen molar-refractivity contribution in [1.29, 1.82) is 0 Å². The fraction of sp³-hybridized carbons (Fsp3) is 0.750. The fourth-order valence-electron chi connectivity index (χ4n) is 1.42. The molecule has 0 heterocycles. The quantitative estimate of drug-likeness (QED) is 0.324. The summed E-state index contributed by atoms with van der Waals surface area (Å²) in [7, 11) is 1.22. The third kappa shape index (κ3) is 9.15. The largest absolute Gasteiger partial charge is 0.480 e. The Hall–Kier alpha value is -1.83. The first-order valence-corrected chi connectivity index (χ1v) is 6.56. The molecule has 2 amide bonds. The molecule has 0 unspecified atom stereocenters. The number of urea groups is 1. The second-order valence-electron chi connectivity index (χ2n) is 4.11. The predicted molar refractivity (Wildman–Crippen MR) is 72.4 cm³/mol. The lowest BCUT2D eigenvalue weighted by Gasteiger charge is -2.14. The standard InChI is InChI=1S/C12H23N3O5/c1-3-13-7-4-8-14-12(19)15-9(11(17)18)5-6-10(16)20-2/h9,13H,3-8H2,1-2H3,(H,17,18)(H2,14,15,19)/t9-/m0/s1. The normalized spacial score (nSPS) is 11.5. The van der Waals surface area contributed by atoms with Crippen molar-refractivity contribution in [2.75, 3.05) is 26.7 Å². The minimum atomic E-state index is -1.18. The van der Waals surface area contributed by atoms with Gasteiger partial charge in [0.2, 0.25) is 0 Å². The Balaban J connectivity index is 3.96. The smallest absolute Gasteiger partial charge is 0.326 e. The van der Waals surface area contributed by atoms with E-state index < -0.39 is 24.0 Å². The molecule has 116 valence electrons. The minimum absolute atomic E-state index is 0.00713. The van der Waals surface area contributed by atoms with E-state index in [1.54, 1.807) is 0 Å². The van der Waals surface area contributed by atoms with E-state index in [1.165, 1.54) is 7.11 Å². The molecule has 1 atom stereocenters. The Morgan fingerprint density at radius 1 is 1.25 bits per heavy atom. The Morgan fingerprint density at radius 3 is 2.50 bits per heavy atom. The van der Waals surface area contributed by atoms with Gasteiger partial charge in [0, 0.05) is 13.0 Å². The lowest BCUT2D eigenvalue weighted by Crippen LogP contribution is -2.46. The summed E-state index contributed by atoms with van der Waals surface area (Å²) in [5.41, 5.74) is 0. The van der Waals surface area contributed by atoms with E-state index in [2.05, 4.69) is 20.7 Å². The van der Waals surface area contributed by atoms with Gasteiger partial charge in [0.05, 0.1) is 7.11 Å². The third-order valence-electron chi connectivity index (χ3n) is 2.53. The number of carboxylic acid groups (broad SMARTS) is 1. The third-order valence-corrected chi connectivity index (χ3v) is 2.53. The number of methoxy groups -OCH3 is 1. The van der Waals surface area contributed by atoms with Crippen LogP contribution in [0.15, 0.2) is 0 Å². The molecule has 4 N–H and O–H groups in total. The molecular formula is C12H23N3O5. The van der Waals surface area contributed by atoms with Crippen LogP contribution in [0.3, 0.4) is 0 Å². The van der Waals surface area contributed by atoms with Crippen molar-refractivity contribution >= 4 is 18.0 Å². The molecule has 0 aromatic carbocycles. The molecule has 0 saturated heterocycles. The van der Waals surface area contributed by atoms with Crippen molar-refractivity contribution in [3.05, 3.63) is 0 Å². The van der Waals surface area contributed by atoms with Crippen LogP contribution in [0.5, 0.6) is 0 Å².